The molecule has 18 heavy (non-hydrogen) atoms. The molecule has 0 radical (unpaired) electrons. The van der Waals surface area contributed by atoms with Crippen LogP contribution in [-0.2, 0) is 19.0 Å². The van der Waals surface area contributed by atoms with Gasteiger partial charge >= 0.3 is 0 Å². The topological polar surface area (TPSA) is 49.0 Å². The third-order valence-electron chi connectivity index (χ3n) is 2.95. The van der Waals surface area contributed by atoms with Crippen molar-refractivity contribution >= 4 is 0 Å². The van der Waals surface area contributed by atoms with Gasteiger partial charge in [-0.05, 0) is 12.8 Å². The summed E-state index contributed by atoms with van der Waals surface area (Å²) in [5, 5.41) is 0. The third-order valence-corrected chi connectivity index (χ3v) is 2.95. The lowest BCUT2D eigenvalue weighted by Gasteiger charge is -2.21. The first-order valence-corrected chi connectivity index (χ1v) is 6.96. The predicted molar refractivity (Wildman–Crippen MR) is 69.5 cm³/mol. The average molecular weight is 261 g/mol. The molecule has 0 heterocycles. The van der Waals surface area contributed by atoms with E-state index in [1.165, 1.54) is 32.1 Å². The summed E-state index contributed by atoms with van der Waals surface area (Å²) < 4.78 is 15.5. The van der Waals surface area contributed by atoms with Crippen LogP contribution in [0.15, 0.2) is 0 Å². The standard InChI is InChI=1S/C13H27NO4/c1-15-9-10-17-12-11-16-8-7-14-18-13-5-3-2-4-6-13/h13-14H,2-12H2,1H3. The molecule has 1 aliphatic carbocycles. The van der Waals surface area contributed by atoms with E-state index in [4.69, 9.17) is 19.0 Å². The number of hydrogen-bond donors (Lipinski definition) is 1. The van der Waals surface area contributed by atoms with Crippen LogP contribution in [0.1, 0.15) is 32.1 Å². The Bertz CT molecular complexity index is 174. The smallest absolute Gasteiger partial charge is 0.0790 e. The van der Waals surface area contributed by atoms with Gasteiger partial charge in [-0.15, -0.1) is 0 Å². The molecule has 1 N–H and O–H groups in total. The number of ether oxygens (including phenoxy) is 3. The number of hydroxylamine groups is 1. The highest BCUT2D eigenvalue weighted by molar-refractivity contribution is 4.63. The zero-order valence-electron chi connectivity index (χ0n) is 11.5. The second-order valence-electron chi connectivity index (χ2n) is 4.49. The van der Waals surface area contributed by atoms with E-state index in [2.05, 4.69) is 5.48 Å². The molecule has 0 aliphatic heterocycles. The minimum absolute atomic E-state index is 0.399. The lowest BCUT2D eigenvalue weighted by Crippen LogP contribution is -2.28. The molecule has 5 heteroatoms. The highest BCUT2D eigenvalue weighted by Crippen LogP contribution is 2.19. The lowest BCUT2D eigenvalue weighted by atomic mass is 9.98. The summed E-state index contributed by atoms with van der Waals surface area (Å²) in [6.07, 6.45) is 6.70. The first-order chi connectivity index (χ1) is 8.93. The largest absolute Gasteiger partial charge is 0.382 e. The SMILES string of the molecule is COCCOCCOCCNOC1CCCCC1. The second kappa shape index (κ2) is 11.9. The fourth-order valence-electron chi connectivity index (χ4n) is 1.94. The molecule has 0 saturated heterocycles. The van der Waals surface area contributed by atoms with Gasteiger partial charge in [-0.3, -0.25) is 4.84 Å². The van der Waals surface area contributed by atoms with E-state index in [9.17, 15) is 0 Å². The van der Waals surface area contributed by atoms with Crippen molar-refractivity contribution in [3.05, 3.63) is 0 Å². The van der Waals surface area contributed by atoms with Crippen molar-refractivity contribution in [2.45, 2.75) is 38.2 Å². The van der Waals surface area contributed by atoms with Crippen molar-refractivity contribution in [2.75, 3.05) is 46.7 Å². The normalized spacial score (nSPS) is 17.2. The first-order valence-electron chi connectivity index (χ1n) is 6.96. The molecular weight excluding hydrogens is 234 g/mol. The molecule has 0 atom stereocenters. The Morgan fingerprint density at radius 2 is 1.56 bits per heavy atom. The van der Waals surface area contributed by atoms with Gasteiger partial charge < -0.3 is 14.2 Å². The van der Waals surface area contributed by atoms with Crippen LogP contribution in [0.25, 0.3) is 0 Å². The highest BCUT2D eigenvalue weighted by Gasteiger charge is 2.13. The molecule has 0 aromatic rings. The molecule has 0 spiro atoms. The minimum Gasteiger partial charge on any atom is -0.382 e. The van der Waals surface area contributed by atoms with Crippen molar-refractivity contribution in [1.29, 1.82) is 0 Å². The molecule has 5 nitrogen and oxygen atoms in total. The Morgan fingerprint density at radius 3 is 2.28 bits per heavy atom. The zero-order valence-corrected chi connectivity index (χ0v) is 11.5. The van der Waals surface area contributed by atoms with Gasteiger partial charge in [0.2, 0.25) is 0 Å². The Kier molecular flexibility index (Phi) is 10.5. The van der Waals surface area contributed by atoms with Crippen LogP contribution in [0.3, 0.4) is 0 Å². The maximum absolute atomic E-state index is 5.56. The van der Waals surface area contributed by atoms with E-state index in [-0.39, 0.29) is 0 Å². The van der Waals surface area contributed by atoms with E-state index in [0.717, 1.165) is 6.54 Å². The Balaban J connectivity index is 1.73. The lowest BCUT2D eigenvalue weighted by molar-refractivity contribution is -0.0529. The van der Waals surface area contributed by atoms with E-state index < -0.39 is 0 Å². The molecule has 1 saturated carbocycles. The van der Waals surface area contributed by atoms with Crippen LogP contribution >= 0.6 is 0 Å². The highest BCUT2D eigenvalue weighted by atomic mass is 16.7. The van der Waals surface area contributed by atoms with Crippen LogP contribution in [-0.4, -0.2) is 52.8 Å². The molecule has 1 aliphatic rings. The second-order valence-corrected chi connectivity index (χ2v) is 4.49. The van der Waals surface area contributed by atoms with E-state index in [1.54, 1.807) is 7.11 Å². The molecule has 0 aromatic carbocycles. The summed E-state index contributed by atoms with van der Waals surface area (Å²) in [6, 6.07) is 0. The molecule has 0 amide bonds. The zero-order chi connectivity index (χ0) is 12.9. The minimum atomic E-state index is 0.399. The number of rotatable bonds is 11. The number of methoxy groups -OCH3 is 1. The third kappa shape index (κ3) is 8.83. The molecule has 0 unspecified atom stereocenters. The van der Waals surface area contributed by atoms with Gasteiger partial charge in [0.05, 0.1) is 39.1 Å². The molecular formula is C13H27NO4. The maximum Gasteiger partial charge on any atom is 0.0790 e. The van der Waals surface area contributed by atoms with Gasteiger partial charge in [0, 0.05) is 13.7 Å². The van der Waals surface area contributed by atoms with Crippen molar-refractivity contribution in [3.8, 4) is 0 Å². The van der Waals surface area contributed by atoms with Crippen LogP contribution in [0.4, 0.5) is 0 Å². The van der Waals surface area contributed by atoms with E-state index in [1.807, 2.05) is 0 Å². The van der Waals surface area contributed by atoms with Crippen molar-refractivity contribution in [1.82, 2.24) is 5.48 Å². The van der Waals surface area contributed by atoms with Crippen LogP contribution < -0.4 is 5.48 Å². The fraction of sp³-hybridized carbons (Fsp3) is 1.00. The van der Waals surface area contributed by atoms with E-state index in [0.29, 0.717) is 39.1 Å². The maximum atomic E-state index is 5.56. The monoisotopic (exact) mass is 261 g/mol. The van der Waals surface area contributed by atoms with Gasteiger partial charge in [0.15, 0.2) is 0 Å². The quantitative estimate of drug-likeness (QED) is 0.451. The predicted octanol–water partition coefficient (Wildman–Crippen LogP) is 1.52. The summed E-state index contributed by atoms with van der Waals surface area (Å²) >= 11 is 0. The van der Waals surface area contributed by atoms with Crippen LogP contribution in [0.5, 0.6) is 0 Å². The average Bonchev–Trinajstić information content (AvgIpc) is 2.42. The Hall–Kier alpha value is -0.200. The molecule has 1 rings (SSSR count). The van der Waals surface area contributed by atoms with Crippen LogP contribution in [0.2, 0.25) is 0 Å². The summed E-state index contributed by atoms with van der Waals surface area (Å²) in [5.74, 6) is 0. The molecule has 108 valence electrons. The summed E-state index contributed by atoms with van der Waals surface area (Å²) in [5.41, 5.74) is 2.98. The Labute approximate surface area is 110 Å². The van der Waals surface area contributed by atoms with Gasteiger partial charge in [-0.2, -0.15) is 5.48 Å². The summed E-state index contributed by atoms with van der Waals surface area (Å²) in [7, 11) is 1.66. The number of hydrogen-bond acceptors (Lipinski definition) is 5. The fourth-order valence-corrected chi connectivity index (χ4v) is 1.94. The van der Waals surface area contributed by atoms with Gasteiger partial charge in [0.25, 0.3) is 0 Å². The van der Waals surface area contributed by atoms with E-state index >= 15 is 0 Å². The van der Waals surface area contributed by atoms with Gasteiger partial charge in [0.1, 0.15) is 0 Å². The van der Waals surface area contributed by atoms with Crippen LogP contribution in [0, 0.1) is 0 Å². The van der Waals surface area contributed by atoms with Gasteiger partial charge in [-0.25, -0.2) is 0 Å². The Morgan fingerprint density at radius 1 is 0.889 bits per heavy atom. The van der Waals surface area contributed by atoms with Gasteiger partial charge in [-0.1, -0.05) is 19.3 Å². The van der Waals surface area contributed by atoms with Crippen molar-refractivity contribution in [2.24, 2.45) is 0 Å². The molecule has 0 bridgehead atoms. The summed E-state index contributed by atoms with van der Waals surface area (Å²) in [4.78, 5) is 5.56. The first kappa shape index (κ1) is 15.9. The van der Waals surface area contributed by atoms with Crippen molar-refractivity contribution in [3.63, 3.8) is 0 Å². The molecule has 1 fully saturated rings. The molecule has 0 aromatic heterocycles. The number of nitrogens with one attached hydrogen (secondary N) is 1. The van der Waals surface area contributed by atoms with Crippen molar-refractivity contribution < 1.29 is 19.0 Å². The summed E-state index contributed by atoms with van der Waals surface area (Å²) in [6.45, 7) is 3.89.